The highest BCUT2D eigenvalue weighted by atomic mass is 19.4. The number of alkyl halides is 3. The molecule has 20 heavy (non-hydrogen) atoms. The third-order valence-electron chi connectivity index (χ3n) is 3.86. The first kappa shape index (κ1) is 13.5. The number of halogens is 3. The van der Waals surface area contributed by atoms with Gasteiger partial charge in [0.25, 0.3) is 0 Å². The summed E-state index contributed by atoms with van der Waals surface area (Å²) in [6.07, 6.45) is -2.75. The van der Waals surface area contributed by atoms with E-state index in [1.807, 2.05) is 0 Å². The third-order valence-corrected chi connectivity index (χ3v) is 3.86. The van der Waals surface area contributed by atoms with Crippen LogP contribution >= 0.6 is 0 Å². The Morgan fingerprint density at radius 2 is 1.95 bits per heavy atom. The average Bonchev–Trinajstić information content (AvgIpc) is 2.97. The number of nitrogens with zero attached hydrogens (tertiary/aromatic N) is 2. The van der Waals surface area contributed by atoms with E-state index in [1.165, 1.54) is 6.07 Å². The number of anilines is 1. The molecular formula is C13H16F3N3O. The van der Waals surface area contributed by atoms with Crippen molar-refractivity contribution in [3.05, 3.63) is 18.3 Å². The molecule has 0 bridgehead atoms. The molecule has 0 unspecified atom stereocenters. The normalized spacial score (nSPS) is 25.9. The van der Waals surface area contributed by atoms with Gasteiger partial charge in [-0.2, -0.15) is 13.2 Å². The van der Waals surface area contributed by atoms with Gasteiger partial charge in [0.15, 0.2) is 6.61 Å². The molecule has 0 amide bonds. The van der Waals surface area contributed by atoms with Crippen molar-refractivity contribution in [2.75, 3.05) is 37.7 Å². The predicted molar refractivity (Wildman–Crippen MR) is 67.8 cm³/mol. The van der Waals surface area contributed by atoms with Gasteiger partial charge < -0.3 is 15.0 Å². The first-order valence-corrected chi connectivity index (χ1v) is 6.62. The third kappa shape index (κ3) is 2.98. The van der Waals surface area contributed by atoms with Gasteiger partial charge in [0.1, 0.15) is 0 Å². The van der Waals surface area contributed by atoms with Crippen LogP contribution in [0.2, 0.25) is 0 Å². The molecule has 0 saturated carbocycles. The van der Waals surface area contributed by atoms with Crippen molar-refractivity contribution in [2.45, 2.75) is 6.18 Å². The van der Waals surface area contributed by atoms with Crippen LogP contribution in [0.5, 0.6) is 5.88 Å². The molecule has 7 heteroatoms. The zero-order valence-corrected chi connectivity index (χ0v) is 10.9. The van der Waals surface area contributed by atoms with Crippen molar-refractivity contribution in [3.63, 3.8) is 0 Å². The minimum Gasteiger partial charge on any atom is -0.468 e. The molecule has 1 aromatic rings. The van der Waals surface area contributed by atoms with E-state index in [-0.39, 0.29) is 5.88 Å². The van der Waals surface area contributed by atoms with E-state index in [0.717, 1.165) is 31.9 Å². The van der Waals surface area contributed by atoms with E-state index in [4.69, 9.17) is 0 Å². The monoisotopic (exact) mass is 287 g/mol. The topological polar surface area (TPSA) is 37.4 Å². The predicted octanol–water partition coefficient (Wildman–Crippen LogP) is 1.68. The van der Waals surface area contributed by atoms with Gasteiger partial charge in [0.05, 0.1) is 11.9 Å². The first-order chi connectivity index (χ1) is 9.51. The molecule has 4 nitrogen and oxygen atoms in total. The van der Waals surface area contributed by atoms with Crippen LogP contribution in [-0.4, -0.2) is 43.9 Å². The molecule has 2 aliphatic rings. The number of ether oxygens (including phenoxy) is 1. The fourth-order valence-corrected chi connectivity index (χ4v) is 2.87. The van der Waals surface area contributed by atoms with Crippen molar-refractivity contribution >= 4 is 5.69 Å². The lowest BCUT2D eigenvalue weighted by molar-refractivity contribution is -0.154. The van der Waals surface area contributed by atoms with E-state index in [1.54, 1.807) is 12.3 Å². The molecule has 1 aromatic heterocycles. The number of pyridine rings is 1. The van der Waals surface area contributed by atoms with Crippen molar-refractivity contribution in [1.29, 1.82) is 0 Å². The van der Waals surface area contributed by atoms with Crippen LogP contribution in [0.1, 0.15) is 0 Å². The van der Waals surface area contributed by atoms with Crippen LogP contribution in [0.3, 0.4) is 0 Å². The molecule has 0 aliphatic carbocycles. The zero-order valence-electron chi connectivity index (χ0n) is 10.9. The molecule has 0 aromatic carbocycles. The summed E-state index contributed by atoms with van der Waals surface area (Å²) >= 11 is 0. The molecule has 1 N–H and O–H groups in total. The summed E-state index contributed by atoms with van der Waals surface area (Å²) in [6, 6.07) is 3.26. The van der Waals surface area contributed by atoms with Crippen LogP contribution in [0, 0.1) is 11.8 Å². The van der Waals surface area contributed by atoms with Crippen molar-refractivity contribution in [3.8, 4) is 5.88 Å². The van der Waals surface area contributed by atoms with E-state index >= 15 is 0 Å². The van der Waals surface area contributed by atoms with Gasteiger partial charge in [-0.25, -0.2) is 4.98 Å². The lowest BCUT2D eigenvalue weighted by Gasteiger charge is -2.19. The smallest absolute Gasteiger partial charge is 0.422 e. The van der Waals surface area contributed by atoms with Crippen LogP contribution in [0.25, 0.3) is 0 Å². The van der Waals surface area contributed by atoms with Crippen molar-refractivity contribution in [1.82, 2.24) is 10.3 Å². The van der Waals surface area contributed by atoms with Gasteiger partial charge in [0.2, 0.25) is 5.88 Å². The Morgan fingerprint density at radius 1 is 1.25 bits per heavy atom. The molecule has 2 saturated heterocycles. The molecule has 0 spiro atoms. The Balaban J connectivity index is 1.59. The van der Waals surface area contributed by atoms with Crippen LogP contribution in [0.4, 0.5) is 18.9 Å². The van der Waals surface area contributed by atoms with Crippen LogP contribution < -0.4 is 15.0 Å². The van der Waals surface area contributed by atoms with Gasteiger partial charge in [-0.05, 0) is 17.9 Å². The van der Waals surface area contributed by atoms with E-state index in [0.29, 0.717) is 11.8 Å². The fourth-order valence-electron chi connectivity index (χ4n) is 2.87. The number of nitrogens with one attached hydrogen (secondary N) is 1. The fraction of sp³-hybridized carbons (Fsp3) is 0.615. The minimum absolute atomic E-state index is 0.00660. The molecule has 0 radical (unpaired) electrons. The highest BCUT2D eigenvalue weighted by Crippen LogP contribution is 2.30. The Morgan fingerprint density at radius 3 is 2.50 bits per heavy atom. The van der Waals surface area contributed by atoms with Gasteiger partial charge in [-0.3, -0.25) is 0 Å². The van der Waals surface area contributed by atoms with E-state index in [9.17, 15) is 13.2 Å². The van der Waals surface area contributed by atoms with E-state index in [2.05, 4.69) is 19.9 Å². The summed E-state index contributed by atoms with van der Waals surface area (Å²) in [5.41, 5.74) is 0.943. The maximum atomic E-state index is 12.0. The van der Waals surface area contributed by atoms with Crippen molar-refractivity contribution < 1.29 is 17.9 Å². The summed E-state index contributed by atoms with van der Waals surface area (Å²) in [5.74, 6) is 1.33. The Kier molecular flexibility index (Phi) is 3.45. The molecule has 2 fully saturated rings. The summed E-state index contributed by atoms with van der Waals surface area (Å²) in [4.78, 5) is 6.17. The molecule has 3 rings (SSSR count). The highest BCUT2D eigenvalue weighted by molar-refractivity contribution is 5.47. The molecule has 3 heterocycles. The average molecular weight is 287 g/mol. The Bertz CT molecular complexity index is 451. The van der Waals surface area contributed by atoms with E-state index < -0.39 is 12.8 Å². The molecule has 2 aliphatic heterocycles. The van der Waals surface area contributed by atoms with Crippen LogP contribution in [0.15, 0.2) is 18.3 Å². The maximum Gasteiger partial charge on any atom is 0.422 e. The molecule has 2 atom stereocenters. The second kappa shape index (κ2) is 5.12. The second-order valence-corrected chi connectivity index (χ2v) is 5.34. The van der Waals surface area contributed by atoms with Crippen LogP contribution in [-0.2, 0) is 0 Å². The van der Waals surface area contributed by atoms with Gasteiger partial charge in [-0.1, -0.05) is 0 Å². The van der Waals surface area contributed by atoms with Gasteiger partial charge in [0, 0.05) is 32.2 Å². The highest BCUT2D eigenvalue weighted by Gasteiger charge is 2.36. The minimum atomic E-state index is -4.33. The van der Waals surface area contributed by atoms with Gasteiger partial charge in [-0.15, -0.1) is 0 Å². The summed E-state index contributed by atoms with van der Waals surface area (Å²) < 4.78 is 40.7. The SMILES string of the molecule is FC(F)(F)COc1ccc(N2C[C@H]3CNC[C@H]3C2)cn1. The summed E-state index contributed by atoms with van der Waals surface area (Å²) in [5, 5.41) is 3.37. The lowest BCUT2D eigenvalue weighted by Crippen LogP contribution is -2.25. The number of hydrogen-bond donors (Lipinski definition) is 1. The van der Waals surface area contributed by atoms with Crippen molar-refractivity contribution in [2.24, 2.45) is 11.8 Å². The quantitative estimate of drug-likeness (QED) is 0.918. The van der Waals surface area contributed by atoms with Gasteiger partial charge >= 0.3 is 6.18 Å². The second-order valence-electron chi connectivity index (χ2n) is 5.34. The first-order valence-electron chi connectivity index (χ1n) is 6.62. The number of rotatable bonds is 3. The zero-order chi connectivity index (χ0) is 14.2. The summed E-state index contributed by atoms with van der Waals surface area (Å²) in [6.45, 7) is 2.73. The molecule has 110 valence electrons. The maximum absolute atomic E-state index is 12.0. The number of hydrogen-bond acceptors (Lipinski definition) is 4. The molecular weight excluding hydrogens is 271 g/mol. The number of aromatic nitrogens is 1. The Hall–Kier alpha value is -1.50. The lowest BCUT2D eigenvalue weighted by atomic mass is 10.0. The standard InChI is InChI=1S/C13H16F3N3O/c14-13(15,16)8-20-12-2-1-11(5-18-12)19-6-9-3-17-4-10(9)7-19/h1-2,5,9-10,17H,3-4,6-8H2/t9-,10+. The summed E-state index contributed by atoms with van der Waals surface area (Å²) in [7, 11) is 0. The number of fused-ring (bicyclic) bond motifs is 1. The Labute approximate surface area is 114 Å². The largest absolute Gasteiger partial charge is 0.468 e.